The molecular formula is C18H17F3N5O2-. The number of nitrogens with zero attached hydrogens (tertiary/aromatic N) is 3. The molecular weight excluding hydrogens is 375 g/mol. The second-order valence-electron chi connectivity index (χ2n) is 5.90. The standard InChI is InChI=1S/C18H17F3N5O2/c1-26-14(16(24-25-26)12-5-3-2-4-6-12)10-28-15-8-7-13(9-22-15)17(27)23-11-18(19,20)21/h2-9,25H,10-11H2,1H3,(H,23,27)/q-1. The lowest BCUT2D eigenvalue weighted by molar-refractivity contribution is -0.123. The number of benzene rings is 1. The Morgan fingerprint density at radius 1 is 1.25 bits per heavy atom. The Balaban J connectivity index is 1.63. The lowest BCUT2D eigenvalue weighted by Gasteiger charge is -2.21. The number of aromatic nitrogens is 1. The summed E-state index contributed by atoms with van der Waals surface area (Å²) in [6.45, 7) is -1.24. The topological polar surface area (TPSA) is 80.6 Å². The lowest BCUT2D eigenvalue weighted by atomic mass is 10.1. The molecule has 3 rings (SSSR count). The third-order valence-corrected chi connectivity index (χ3v) is 3.84. The number of carbonyl (C=O) groups is 1. The molecule has 1 aliphatic heterocycles. The van der Waals surface area contributed by atoms with Crippen molar-refractivity contribution in [1.29, 1.82) is 0 Å². The van der Waals surface area contributed by atoms with Gasteiger partial charge in [0.2, 0.25) is 5.88 Å². The Labute approximate surface area is 159 Å². The number of hydrogen-bond donors (Lipinski definition) is 2. The first-order valence-corrected chi connectivity index (χ1v) is 8.26. The molecule has 0 radical (unpaired) electrons. The minimum atomic E-state index is -4.47. The van der Waals surface area contributed by atoms with Crippen LogP contribution in [0.1, 0.15) is 15.9 Å². The van der Waals surface area contributed by atoms with Gasteiger partial charge >= 0.3 is 6.18 Å². The second-order valence-corrected chi connectivity index (χ2v) is 5.90. The molecule has 1 aromatic carbocycles. The summed E-state index contributed by atoms with van der Waals surface area (Å²) in [6, 6.07) is 12.3. The number of rotatable bonds is 6. The summed E-state index contributed by atoms with van der Waals surface area (Å²) in [6.07, 6.45) is -3.31. The van der Waals surface area contributed by atoms with Gasteiger partial charge < -0.3 is 26.0 Å². The van der Waals surface area contributed by atoms with Gasteiger partial charge in [0.15, 0.2) is 0 Å². The van der Waals surface area contributed by atoms with E-state index < -0.39 is 18.6 Å². The number of nitrogens with one attached hydrogen (secondary N) is 2. The molecule has 0 saturated heterocycles. The number of carbonyl (C=O) groups excluding carboxylic acids is 1. The largest absolute Gasteiger partial charge is 0.602 e. The van der Waals surface area contributed by atoms with Crippen LogP contribution in [0.3, 0.4) is 0 Å². The number of likely N-dealkylation sites (N-methyl/N-ethyl adjacent to an activating group) is 1. The van der Waals surface area contributed by atoms with Crippen LogP contribution < -0.4 is 15.6 Å². The molecule has 1 aliphatic rings. The van der Waals surface area contributed by atoms with Crippen molar-refractivity contribution in [2.45, 2.75) is 6.18 Å². The molecule has 0 unspecified atom stereocenters. The average Bonchev–Trinajstić information content (AvgIpc) is 3.05. The van der Waals surface area contributed by atoms with Crippen LogP contribution in [0.25, 0.3) is 11.1 Å². The minimum absolute atomic E-state index is 0.00967. The first-order chi connectivity index (χ1) is 13.3. The van der Waals surface area contributed by atoms with Gasteiger partial charge in [-0.3, -0.25) is 4.79 Å². The molecule has 1 aromatic heterocycles. The maximum Gasteiger partial charge on any atom is 0.405 e. The van der Waals surface area contributed by atoms with Crippen molar-refractivity contribution < 1.29 is 22.7 Å². The highest BCUT2D eigenvalue weighted by Crippen LogP contribution is 2.29. The number of halogens is 3. The van der Waals surface area contributed by atoms with E-state index in [-0.39, 0.29) is 18.1 Å². The van der Waals surface area contributed by atoms with Crippen LogP contribution in [0.5, 0.6) is 5.88 Å². The Morgan fingerprint density at radius 3 is 2.64 bits per heavy atom. The van der Waals surface area contributed by atoms with Crippen molar-refractivity contribution in [2.75, 3.05) is 20.2 Å². The van der Waals surface area contributed by atoms with E-state index in [9.17, 15) is 18.0 Å². The maximum atomic E-state index is 12.2. The highest BCUT2D eigenvalue weighted by Gasteiger charge is 2.28. The van der Waals surface area contributed by atoms with Gasteiger partial charge in [0.25, 0.3) is 5.91 Å². The first-order valence-electron chi connectivity index (χ1n) is 8.26. The number of hydrazine groups is 1. The van der Waals surface area contributed by atoms with Crippen molar-refractivity contribution in [3.05, 3.63) is 70.9 Å². The van der Waals surface area contributed by atoms with Gasteiger partial charge in [0.1, 0.15) is 13.2 Å². The third-order valence-electron chi connectivity index (χ3n) is 3.84. The Kier molecular flexibility index (Phi) is 5.69. The fourth-order valence-corrected chi connectivity index (χ4v) is 2.43. The summed E-state index contributed by atoms with van der Waals surface area (Å²) in [5.74, 6) is -0.628. The summed E-state index contributed by atoms with van der Waals surface area (Å²) in [4.78, 5) is 15.7. The predicted octanol–water partition coefficient (Wildman–Crippen LogP) is 2.86. The fraction of sp³-hybridized carbons (Fsp3) is 0.222. The molecule has 0 aliphatic carbocycles. The van der Waals surface area contributed by atoms with Crippen LogP contribution in [0, 0.1) is 0 Å². The number of amides is 1. The Bertz CT molecular complexity index is 854. The first kappa shape index (κ1) is 19.5. The molecule has 2 aromatic rings. The number of hydrogen-bond acceptors (Lipinski definition) is 5. The van der Waals surface area contributed by atoms with E-state index in [1.54, 1.807) is 17.4 Å². The van der Waals surface area contributed by atoms with Gasteiger partial charge in [0.05, 0.1) is 11.3 Å². The van der Waals surface area contributed by atoms with Gasteiger partial charge in [-0.25, -0.2) is 4.98 Å². The molecule has 28 heavy (non-hydrogen) atoms. The van der Waals surface area contributed by atoms with Gasteiger partial charge in [-0.1, -0.05) is 36.0 Å². The molecule has 148 valence electrons. The van der Waals surface area contributed by atoms with Crippen LogP contribution in [0.15, 0.2) is 54.4 Å². The smallest absolute Gasteiger partial charge is 0.405 e. The summed E-state index contributed by atoms with van der Waals surface area (Å²) in [5.41, 5.74) is 9.55. The van der Waals surface area contributed by atoms with E-state index in [0.717, 1.165) is 23.2 Å². The number of ether oxygens (including phenoxy) is 1. The van der Waals surface area contributed by atoms with Crippen molar-refractivity contribution in [3.8, 4) is 5.88 Å². The zero-order valence-electron chi connectivity index (χ0n) is 14.8. The zero-order valence-corrected chi connectivity index (χ0v) is 14.8. The van der Waals surface area contributed by atoms with E-state index >= 15 is 0 Å². The second kappa shape index (κ2) is 8.17. The van der Waals surface area contributed by atoms with Crippen LogP contribution in [-0.2, 0) is 0 Å². The summed E-state index contributed by atoms with van der Waals surface area (Å²) in [5, 5.41) is 3.49. The normalized spacial score (nSPS) is 14.1. The molecule has 2 N–H and O–H groups in total. The Hall–Kier alpha value is -3.27. The van der Waals surface area contributed by atoms with Gasteiger partial charge in [-0.15, -0.1) is 0 Å². The van der Waals surface area contributed by atoms with Crippen molar-refractivity contribution in [1.82, 2.24) is 20.8 Å². The van der Waals surface area contributed by atoms with Crippen LogP contribution in [-0.4, -0.2) is 42.3 Å². The fourth-order valence-electron chi connectivity index (χ4n) is 2.43. The van der Waals surface area contributed by atoms with E-state index in [0.29, 0.717) is 0 Å². The third kappa shape index (κ3) is 4.92. The average molecular weight is 392 g/mol. The summed E-state index contributed by atoms with van der Waals surface area (Å²) >= 11 is 0. The SMILES string of the molecule is CN1N[N-]C(c2ccccc2)=C1COc1ccc(C(=O)NCC(F)(F)F)cn1. The van der Waals surface area contributed by atoms with E-state index in [1.807, 2.05) is 30.3 Å². The van der Waals surface area contributed by atoms with Crippen LogP contribution in [0.4, 0.5) is 13.2 Å². The molecule has 0 fully saturated rings. The van der Waals surface area contributed by atoms with E-state index in [1.165, 1.54) is 12.1 Å². The van der Waals surface area contributed by atoms with Crippen LogP contribution in [0.2, 0.25) is 0 Å². The van der Waals surface area contributed by atoms with Gasteiger partial charge in [-0.05, 0) is 11.6 Å². The van der Waals surface area contributed by atoms with Crippen molar-refractivity contribution >= 4 is 11.6 Å². The highest BCUT2D eigenvalue weighted by molar-refractivity contribution is 5.93. The summed E-state index contributed by atoms with van der Waals surface area (Å²) in [7, 11) is 1.79. The van der Waals surface area contributed by atoms with Gasteiger partial charge in [0, 0.05) is 19.3 Å². The number of pyridine rings is 1. The zero-order chi connectivity index (χ0) is 20.1. The molecule has 2 heterocycles. The molecule has 7 nitrogen and oxygen atoms in total. The number of alkyl halides is 3. The molecule has 0 saturated carbocycles. The summed E-state index contributed by atoms with van der Waals surface area (Å²) < 4.78 is 42.1. The maximum absolute atomic E-state index is 12.2. The molecule has 10 heteroatoms. The molecule has 0 atom stereocenters. The van der Waals surface area contributed by atoms with E-state index in [4.69, 9.17) is 4.74 Å². The Morgan fingerprint density at radius 2 is 2.00 bits per heavy atom. The lowest BCUT2D eigenvalue weighted by Crippen LogP contribution is -2.33. The van der Waals surface area contributed by atoms with Crippen molar-refractivity contribution in [2.24, 2.45) is 0 Å². The quantitative estimate of drug-likeness (QED) is 0.790. The monoisotopic (exact) mass is 392 g/mol. The highest BCUT2D eigenvalue weighted by atomic mass is 19.4. The minimum Gasteiger partial charge on any atom is -0.602 e. The molecule has 1 amide bonds. The van der Waals surface area contributed by atoms with Crippen LogP contribution >= 0.6 is 0 Å². The van der Waals surface area contributed by atoms with E-state index in [2.05, 4.69) is 15.9 Å². The van der Waals surface area contributed by atoms with Gasteiger partial charge in [-0.2, -0.15) is 13.2 Å². The molecule has 0 bridgehead atoms. The molecule has 0 spiro atoms. The predicted molar refractivity (Wildman–Crippen MR) is 95.7 cm³/mol. The van der Waals surface area contributed by atoms with Crippen molar-refractivity contribution in [3.63, 3.8) is 0 Å².